The third-order valence-electron chi connectivity index (χ3n) is 5.75. The van der Waals surface area contributed by atoms with Crippen LogP contribution < -0.4 is 11.0 Å². The number of rotatable bonds is 0. The first kappa shape index (κ1) is 18.8. The predicted molar refractivity (Wildman–Crippen MR) is 119 cm³/mol. The smallest absolute Gasteiger partial charge is 0.172 e. The molecule has 2 aromatic heterocycles. The Morgan fingerprint density at radius 2 is 1.31 bits per heavy atom. The van der Waals surface area contributed by atoms with Crippen LogP contribution in [-0.4, -0.2) is 19.1 Å². The number of aromatic nitrogens is 4. The molecule has 8 heteroatoms. The van der Waals surface area contributed by atoms with Crippen molar-refractivity contribution in [3.8, 4) is 24.3 Å². The second-order valence-corrected chi connectivity index (χ2v) is 7.31. The van der Waals surface area contributed by atoms with Gasteiger partial charge in [0.2, 0.25) is 0 Å². The number of nitrogens with zero attached hydrogens (tertiary/aromatic N) is 8. The van der Waals surface area contributed by atoms with E-state index in [2.05, 4.69) is 9.97 Å². The molecule has 148 valence electrons. The van der Waals surface area contributed by atoms with Crippen LogP contribution >= 0.6 is 0 Å². The molecule has 0 aliphatic carbocycles. The van der Waals surface area contributed by atoms with Crippen molar-refractivity contribution in [2.24, 2.45) is 14.1 Å². The zero-order valence-corrected chi connectivity index (χ0v) is 17.0. The summed E-state index contributed by atoms with van der Waals surface area (Å²) in [5.74, 6) is 0. The maximum absolute atomic E-state index is 9.33. The summed E-state index contributed by atoms with van der Waals surface area (Å²) in [5.41, 5.74) is 3.51. The summed E-state index contributed by atoms with van der Waals surface area (Å²) in [4.78, 5) is 9.16. The number of nitriles is 4. The Morgan fingerprint density at radius 3 is 1.97 bits per heavy atom. The highest BCUT2D eigenvalue weighted by Gasteiger charge is 2.16. The molecule has 0 atom stereocenters. The van der Waals surface area contributed by atoms with Crippen molar-refractivity contribution in [1.29, 1.82) is 21.0 Å². The summed E-state index contributed by atoms with van der Waals surface area (Å²) in [6.07, 6.45) is 0. The largest absolute Gasteiger partial charge is 0.326 e. The first-order chi connectivity index (χ1) is 15.5. The number of imidazole rings is 2. The number of hydrogen-bond acceptors (Lipinski definition) is 6. The summed E-state index contributed by atoms with van der Waals surface area (Å²) in [7, 11) is 3.56. The fourth-order valence-corrected chi connectivity index (χ4v) is 4.29. The number of benzene rings is 3. The molecule has 3 aromatic carbocycles. The van der Waals surface area contributed by atoms with Crippen LogP contribution in [0.1, 0.15) is 0 Å². The van der Waals surface area contributed by atoms with E-state index in [0.29, 0.717) is 22.0 Å². The van der Waals surface area contributed by atoms with E-state index in [-0.39, 0.29) is 11.1 Å². The van der Waals surface area contributed by atoms with Gasteiger partial charge in [-0.15, -0.1) is 0 Å². The van der Waals surface area contributed by atoms with Crippen molar-refractivity contribution in [3.63, 3.8) is 0 Å². The van der Waals surface area contributed by atoms with Crippen molar-refractivity contribution in [2.75, 3.05) is 0 Å². The topological polar surface area (TPSA) is 131 Å². The van der Waals surface area contributed by atoms with Crippen LogP contribution in [0.15, 0.2) is 36.4 Å². The zero-order valence-electron chi connectivity index (χ0n) is 17.0. The van der Waals surface area contributed by atoms with E-state index >= 15 is 0 Å². The molecule has 0 saturated heterocycles. The molecule has 2 heterocycles. The number of hydrogen-bond donors (Lipinski definition) is 0. The fourth-order valence-electron chi connectivity index (χ4n) is 4.29. The molecular weight excluding hydrogens is 400 g/mol. The molecule has 0 bridgehead atoms. The van der Waals surface area contributed by atoms with Crippen LogP contribution in [-0.2, 0) is 14.1 Å². The van der Waals surface area contributed by atoms with Crippen LogP contribution in [0.4, 0.5) is 0 Å². The summed E-state index contributed by atoms with van der Waals surface area (Å²) < 4.78 is 3.50. The Hall–Kier alpha value is -5.18. The van der Waals surface area contributed by atoms with E-state index in [1.165, 1.54) is 0 Å². The van der Waals surface area contributed by atoms with E-state index in [1.807, 2.05) is 60.7 Å². The molecule has 5 rings (SSSR count). The molecule has 5 aromatic rings. The lowest BCUT2D eigenvalue weighted by Gasteiger charge is -2.07. The van der Waals surface area contributed by atoms with Gasteiger partial charge >= 0.3 is 0 Å². The first-order valence-corrected chi connectivity index (χ1v) is 9.56. The molecule has 32 heavy (non-hydrogen) atoms. The molecule has 0 radical (unpaired) electrons. The average molecular weight is 412 g/mol. The Labute approximate surface area is 181 Å². The van der Waals surface area contributed by atoms with E-state index < -0.39 is 0 Å². The molecule has 0 N–H and O–H groups in total. The molecule has 0 aliphatic rings. The summed E-state index contributed by atoms with van der Waals surface area (Å²) >= 11 is 0. The van der Waals surface area contributed by atoms with Gasteiger partial charge in [-0.2, -0.15) is 21.0 Å². The van der Waals surface area contributed by atoms with Gasteiger partial charge in [0.1, 0.15) is 24.3 Å². The van der Waals surface area contributed by atoms with Crippen LogP contribution in [0.5, 0.6) is 0 Å². The standard InChI is InChI=1S/C24H12N8/c1-31-19-8-4-13-3-5-17-16(20(13)21(19)30-24(31)15(11-27)12-28)6-7-18-22(17)32(2)23(29-18)14(9-25)10-26/h3-8H,1-2H3. The normalized spacial score (nSPS) is 10.7. The highest BCUT2D eigenvalue weighted by atomic mass is 15.0. The third-order valence-corrected chi connectivity index (χ3v) is 5.75. The van der Waals surface area contributed by atoms with Gasteiger partial charge in [0, 0.05) is 24.9 Å². The van der Waals surface area contributed by atoms with Crippen molar-refractivity contribution in [3.05, 3.63) is 47.4 Å². The Morgan fingerprint density at radius 1 is 0.719 bits per heavy atom. The van der Waals surface area contributed by atoms with Gasteiger partial charge in [0.15, 0.2) is 22.1 Å². The summed E-state index contributed by atoms with van der Waals surface area (Å²) in [6.45, 7) is 0. The van der Waals surface area contributed by atoms with E-state index in [9.17, 15) is 21.0 Å². The van der Waals surface area contributed by atoms with Gasteiger partial charge in [0.05, 0.1) is 22.1 Å². The SMILES string of the molecule is Cn1c(=C(C#N)C#N)nc2c3c(ccc4c3ccc3nc(=C(C#N)C#N)n(C)c34)ccc21. The van der Waals surface area contributed by atoms with Crippen LogP contribution in [0.3, 0.4) is 0 Å². The van der Waals surface area contributed by atoms with E-state index in [1.54, 1.807) is 23.2 Å². The van der Waals surface area contributed by atoms with Crippen LogP contribution in [0, 0.1) is 45.3 Å². The lowest BCUT2D eigenvalue weighted by Crippen LogP contribution is -2.17. The molecule has 0 aliphatic heterocycles. The van der Waals surface area contributed by atoms with Crippen molar-refractivity contribution in [2.45, 2.75) is 0 Å². The molecule has 0 spiro atoms. The van der Waals surface area contributed by atoms with Gasteiger partial charge in [0.25, 0.3) is 0 Å². The lowest BCUT2D eigenvalue weighted by molar-refractivity contribution is 0.897. The van der Waals surface area contributed by atoms with Gasteiger partial charge in [-0.1, -0.05) is 24.3 Å². The second kappa shape index (κ2) is 6.67. The molecule has 8 nitrogen and oxygen atoms in total. The van der Waals surface area contributed by atoms with Crippen molar-refractivity contribution in [1.82, 2.24) is 19.1 Å². The first-order valence-electron chi connectivity index (χ1n) is 9.56. The third kappa shape index (κ3) is 2.33. The van der Waals surface area contributed by atoms with Gasteiger partial charge in [-0.05, 0) is 22.9 Å². The molecule has 0 unspecified atom stereocenters. The highest BCUT2D eigenvalue weighted by molar-refractivity contribution is 6.22. The quantitative estimate of drug-likeness (QED) is 0.358. The minimum Gasteiger partial charge on any atom is -0.326 e. The van der Waals surface area contributed by atoms with E-state index in [4.69, 9.17) is 0 Å². The highest BCUT2D eigenvalue weighted by Crippen LogP contribution is 2.33. The predicted octanol–water partition coefficient (Wildman–Crippen LogP) is 2.16. The van der Waals surface area contributed by atoms with Gasteiger partial charge in [-0.25, -0.2) is 9.97 Å². The summed E-state index contributed by atoms with van der Waals surface area (Å²) in [5, 5.41) is 40.9. The minimum absolute atomic E-state index is 0.0492. The number of fused-ring (bicyclic) bond motifs is 7. The van der Waals surface area contributed by atoms with Crippen molar-refractivity contribution < 1.29 is 0 Å². The lowest BCUT2D eigenvalue weighted by atomic mass is 9.99. The minimum atomic E-state index is -0.0505. The van der Waals surface area contributed by atoms with Gasteiger partial charge < -0.3 is 9.13 Å². The monoisotopic (exact) mass is 412 g/mol. The van der Waals surface area contributed by atoms with Gasteiger partial charge in [-0.3, -0.25) is 0 Å². The van der Waals surface area contributed by atoms with Crippen LogP contribution in [0.25, 0.3) is 54.8 Å². The summed E-state index contributed by atoms with van der Waals surface area (Å²) in [6, 6.07) is 19.3. The zero-order chi connectivity index (χ0) is 22.6. The Bertz CT molecular complexity index is 1910. The second-order valence-electron chi connectivity index (χ2n) is 7.31. The molecule has 0 saturated carbocycles. The maximum atomic E-state index is 9.33. The van der Waals surface area contributed by atoms with E-state index in [0.717, 1.165) is 32.6 Å². The van der Waals surface area contributed by atoms with Crippen molar-refractivity contribution >= 4 is 54.8 Å². The average Bonchev–Trinajstić information content (AvgIpc) is 3.33. The van der Waals surface area contributed by atoms with Crippen LogP contribution in [0.2, 0.25) is 0 Å². The molecule has 0 fully saturated rings. The Balaban J connectivity index is 2.05. The fraction of sp³-hybridized carbons (Fsp3) is 0.0833. The Kier molecular flexibility index (Phi) is 3.93. The molecular formula is C24H12N8. The maximum Gasteiger partial charge on any atom is 0.172 e. The molecule has 0 amide bonds. The number of aryl methyl sites for hydroxylation is 2.